The number of carboxylic acids is 1. The Morgan fingerprint density at radius 2 is 1.57 bits per heavy atom. The standard InChI is InChI=1S/C32H27ClF4N2O3/c1-20-2-4-21(5-3-20)16-30(40)38-28-17-23(27-18-25(34)11-12-26(27)31(41)42)8-13-29(28)39(15-14-32(35,36)37)19-22-6-9-24(33)10-7-22/h2-13,17-18H,14-16,19H2,1H3,(H,38,40)(H,41,42). The fraction of sp³-hybridized carbons (Fsp3) is 0.188. The Bertz CT molecular complexity index is 1570. The van der Waals surface area contributed by atoms with Gasteiger partial charge in [-0.05, 0) is 71.6 Å². The van der Waals surface area contributed by atoms with Crippen LogP contribution in [0.5, 0.6) is 0 Å². The summed E-state index contributed by atoms with van der Waals surface area (Å²) in [5, 5.41) is 12.9. The Hall–Kier alpha value is -4.37. The fourth-order valence-electron chi connectivity index (χ4n) is 4.46. The number of carbonyl (C=O) groups excluding carboxylic acids is 1. The number of alkyl halides is 3. The number of halogens is 5. The zero-order valence-electron chi connectivity index (χ0n) is 22.5. The van der Waals surface area contributed by atoms with Crippen LogP contribution in [0.1, 0.15) is 33.5 Å². The second-order valence-corrected chi connectivity index (χ2v) is 10.3. The van der Waals surface area contributed by atoms with Crippen molar-refractivity contribution in [3.05, 3.63) is 118 Å². The van der Waals surface area contributed by atoms with Crippen LogP contribution in [-0.2, 0) is 17.8 Å². The summed E-state index contributed by atoms with van der Waals surface area (Å²) >= 11 is 5.99. The molecule has 0 unspecified atom stereocenters. The van der Waals surface area contributed by atoms with E-state index in [0.29, 0.717) is 10.6 Å². The molecule has 0 saturated heterocycles. The second kappa shape index (κ2) is 13.1. The van der Waals surface area contributed by atoms with Gasteiger partial charge in [0.15, 0.2) is 0 Å². The van der Waals surface area contributed by atoms with Gasteiger partial charge < -0.3 is 15.3 Å². The zero-order valence-corrected chi connectivity index (χ0v) is 23.3. The van der Waals surface area contributed by atoms with E-state index < -0.39 is 36.8 Å². The van der Waals surface area contributed by atoms with Crippen LogP contribution in [0.25, 0.3) is 11.1 Å². The van der Waals surface area contributed by atoms with Gasteiger partial charge in [0.25, 0.3) is 0 Å². The van der Waals surface area contributed by atoms with Crippen molar-refractivity contribution in [3.8, 4) is 11.1 Å². The molecule has 10 heteroatoms. The molecule has 42 heavy (non-hydrogen) atoms. The van der Waals surface area contributed by atoms with E-state index in [1.165, 1.54) is 23.1 Å². The Kier molecular flexibility index (Phi) is 9.52. The van der Waals surface area contributed by atoms with Gasteiger partial charge in [0.2, 0.25) is 5.91 Å². The first-order valence-electron chi connectivity index (χ1n) is 13.0. The quantitative estimate of drug-likeness (QED) is 0.180. The van der Waals surface area contributed by atoms with E-state index >= 15 is 0 Å². The molecule has 0 atom stereocenters. The lowest BCUT2D eigenvalue weighted by Crippen LogP contribution is -2.29. The predicted octanol–water partition coefficient (Wildman–Crippen LogP) is 8.29. The monoisotopic (exact) mass is 598 g/mol. The van der Waals surface area contributed by atoms with Gasteiger partial charge in [0.1, 0.15) is 5.82 Å². The first-order chi connectivity index (χ1) is 19.9. The number of rotatable bonds is 10. The molecule has 0 aliphatic heterocycles. The number of hydrogen-bond donors (Lipinski definition) is 2. The number of carbonyl (C=O) groups is 2. The summed E-state index contributed by atoms with van der Waals surface area (Å²) in [6.07, 6.45) is -5.57. The highest BCUT2D eigenvalue weighted by atomic mass is 35.5. The first kappa shape index (κ1) is 30.6. The minimum atomic E-state index is -4.44. The van der Waals surface area contributed by atoms with E-state index in [4.69, 9.17) is 11.6 Å². The van der Waals surface area contributed by atoms with E-state index in [1.54, 1.807) is 36.4 Å². The van der Waals surface area contributed by atoms with Crippen LogP contribution in [-0.4, -0.2) is 29.7 Å². The molecule has 1 amide bonds. The molecule has 0 bridgehead atoms. The number of aromatic carboxylic acids is 1. The molecule has 0 saturated carbocycles. The zero-order chi connectivity index (χ0) is 30.4. The van der Waals surface area contributed by atoms with E-state index in [1.807, 2.05) is 19.1 Å². The average Bonchev–Trinajstić information content (AvgIpc) is 2.93. The van der Waals surface area contributed by atoms with Crippen molar-refractivity contribution in [1.82, 2.24) is 0 Å². The van der Waals surface area contributed by atoms with Crippen LogP contribution < -0.4 is 10.2 Å². The largest absolute Gasteiger partial charge is 0.478 e. The Morgan fingerprint density at radius 1 is 0.905 bits per heavy atom. The van der Waals surface area contributed by atoms with E-state index in [2.05, 4.69) is 5.32 Å². The number of nitrogens with zero attached hydrogens (tertiary/aromatic N) is 1. The van der Waals surface area contributed by atoms with Crippen molar-refractivity contribution < 1.29 is 32.3 Å². The Balaban J connectivity index is 1.78. The van der Waals surface area contributed by atoms with Crippen molar-refractivity contribution in [2.45, 2.75) is 32.5 Å². The third-order valence-corrected chi connectivity index (χ3v) is 6.82. The highest BCUT2D eigenvalue weighted by molar-refractivity contribution is 6.30. The Labute approximate surface area is 245 Å². The number of hydrogen-bond acceptors (Lipinski definition) is 3. The number of amides is 1. The van der Waals surface area contributed by atoms with Gasteiger partial charge in [0, 0.05) is 18.1 Å². The van der Waals surface area contributed by atoms with Gasteiger partial charge in [0.05, 0.1) is 29.8 Å². The highest BCUT2D eigenvalue weighted by Crippen LogP contribution is 2.35. The molecule has 0 heterocycles. The van der Waals surface area contributed by atoms with Gasteiger partial charge in [-0.2, -0.15) is 13.2 Å². The molecule has 4 aromatic carbocycles. The van der Waals surface area contributed by atoms with Crippen LogP contribution in [0.15, 0.2) is 84.9 Å². The van der Waals surface area contributed by atoms with Crippen molar-refractivity contribution in [1.29, 1.82) is 0 Å². The molecule has 218 valence electrons. The number of benzene rings is 4. The summed E-state index contributed by atoms with van der Waals surface area (Å²) in [7, 11) is 0. The first-order valence-corrected chi connectivity index (χ1v) is 13.3. The molecule has 0 aromatic heterocycles. The number of anilines is 2. The molecule has 0 aliphatic carbocycles. The molecule has 5 nitrogen and oxygen atoms in total. The van der Waals surface area contributed by atoms with Crippen LogP contribution in [0, 0.1) is 12.7 Å². The summed E-state index contributed by atoms with van der Waals surface area (Å²) in [6.45, 7) is 1.55. The van der Waals surface area contributed by atoms with Crippen LogP contribution in [0.3, 0.4) is 0 Å². The fourth-order valence-corrected chi connectivity index (χ4v) is 4.59. The number of nitrogens with one attached hydrogen (secondary N) is 1. The molecular formula is C32H27ClF4N2O3. The second-order valence-electron chi connectivity index (χ2n) is 9.85. The minimum absolute atomic E-state index is 0.00990. The van der Waals surface area contributed by atoms with E-state index in [9.17, 15) is 32.3 Å². The van der Waals surface area contributed by atoms with E-state index in [0.717, 1.165) is 29.3 Å². The molecule has 0 aliphatic rings. The van der Waals surface area contributed by atoms with Crippen molar-refractivity contribution in [2.75, 3.05) is 16.8 Å². The van der Waals surface area contributed by atoms with Crippen molar-refractivity contribution in [3.63, 3.8) is 0 Å². The maximum Gasteiger partial charge on any atom is 0.390 e. The van der Waals surface area contributed by atoms with Crippen LogP contribution in [0.2, 0.25) is 5.02 Å². The SMILES string of the molecule is Cc1ccc(CC(=O)Nc2cc(-c3cc(F)ccc3C(=O)O)ccc2N(CCC(F)(F)F)Cc2ccc(Cl)cc2)cc1. The summed E-state index contributed by atoms with van der Waals surface area (Å²) in [5.41, 5.74) is 3.01. The van der Waals surface area contributed by atoms with Crippen molar-refractivity contribution in [2.24, 2.45) is 0 Å². The molecule has 0 fully saturated rings. The molecule has 4 rings (SSSR count). The lowest BCUT2D eigenvalue weighted by atomic mass is 9.98. The topological polar surface area (TPSA) is 69.6 Å². The predicted molar refractivity (Wildman–Crippen MR) is 155 cm³/mol. The lowest BCUT2D eigenvalue weighted by Gasteiger charge is -2.28. The summed E-state index contributed by atoms with van der Waals surface area (Å²) in [6, 6.07) is 21.6. The van der Waals surface area contributed by atoms with Gasteiger partial charge in [-0.3, -0.25) is 4.79 Å². The molecule has 0 radical (unpaired) electrons. The van der Waals surface area contributed by atoms with Crippen LogP contribution in [0.4, 0.5) is 28.9 Å². The third kappa shape index (κ3) is 8.33. The third-order valence-electron chi connectivity index (χ3n) is 6.57. The maximum absolute atomic E-state index is 14.2. The summed E-state index contributed by atoms with van der Waals surface area (Å²) in [5.74, 6) is -2.38. The molecular weight excluding hydrogens is 572 g/mol. The molecule has 2 N–H and O–H groups in total. The van der Waals surface area contributed by atoms with Gasteiger partial charge >= 0.3 is 12.1 Å². The molecule has 0 spiro atoms. The normalized spacial score (nSPS) is 11.3. The number of aryl methyl sites for hydroxylation is 1. The van der Waals surface area contributed by atoms with E-state index in [-0.39, 0.29) is 41.0 Å². The summed E-state index contributed by atoms with van der Waals surface area (Å²) < 4.78 is 54.2. The smallest absolute Gasteiger partial charge is 0.390 e. The lowest BCUT2D eigenvalue weighted by molar-refractivity contribution is -0.132. The molecule has 4 aromatic rings. The number of carboxylic acid groups (broad SMARTS) is 1. The average molecular weight is 599 g/mol. The summed E-state index contributed by atoms with van der Waals surface area (Å²) in [4.78, 5) is 26.5. The van der Waals surface area contributed by atoms with Gasteiger partial charge in [-0.1, -0.05) is 59.6 Å². The van der Waals surface area contributed by atoms with Crippen LogP contribution >= 0.6 is 11.6 Å². The highest BCUT2D eigenvalue weighted by Gasteiger charge is 2.29. The van der Waals surface area contributed by atoms with Gasteiger partial charge in [-0.25, -0.2) is 9.18 Å². The van der Waals surface area contributed by atoms with Crippen molar-refractivity contribution >= 4 is 34.9 Å². The maximum atomic E-state index is 14.2. The van der Waals surface area contributed by atoms with Gasteiger partial charge in [-0.15, -0.1) is 0 Å². The Morgan fingerprint density at radius 3 is 2.21 bits per heavy atom. The minimum Gasteiger partial charge on any atom is -0.478 e.